The highest BCUT2D eigenvalue weighted by Gasteiger charge is 2.16. The number of hydrogen-bond donors (Lipinski definition) is 2. The smallest absolute Gasteiger partial charge is 0.321 e. The third kappa shape index (κ3) is 5.01. The Morgan fingerprint density at radius 3 is 2.76 bits per heavy atom. The summed E-state index contributed by atoms with van der Waals surface area (Å²) in [5.74, 6) is -0.908. The van der Waals surface area contributed by atoms with Crippen molar-refractivity contribution >= 4 is 5.97 Å². The van der Waals surface area contributed by atoms with Gasteiger partial charge in [-0.1, -0.05) is 35.4 Å². The zero-order valence-corrected chi connectivity index (χ0v) is 9.28. The Kier molecular flexibility index (Phi) is 5.57. The number of carboxylic acids is 1. The number of aliphatic carboxylic acids is 1. The van der Waals surface area contributed by atoms with E-state index >= 15 is 0 Å². The van der Waals surface area contributed by atoms with E-state index in [1.54, 1.807) is 0 Å². The highest BCUT2D eigenvalue weighted by molar-refractivity contribution is 5.73. The van der Waals surface area contributed by atoms with Crippen LogP contribution in [0.4, 0.5) is 0 Å². The fourth-order valence-electron chi connectivity index (χ4n) is 1.43. The van der Waals surface area contributed by atoms with Crippen molar-refractivity contribution in [1.29, 1.82) is 0 Å². The van der Waals surface area contributed by atoms with Crippen molar-refractivity contribution in [3.63, 3.8) is 0 Å². The molecule has 1 aromatic carbocycles. The van der Waals surface area contributed by atoms with E-state index in [4.69, 9.17) is 10.6 Å². The highest BCUT2D eigenvalue weighted by Crippen LogP contribution is 2.03. The van der Waals surface area contributed by atoms with Crippen LogP contribution in [-0.4, -0.2) is 30.2 Å². The largest absolute Gasteiger partial charge is 0.480 e. The maximum atomic E-state index is 11.0. The van der Waals surface area contributed by atoms with Crippen LogP contribution in [0.1, 0.15) is 5.56 Å². The van der Waals surface area contributed by atoms with E-state index in [-0.39, 0.29) is 6.54 Å². The van der Waals surface area contributed by atoms with Crippen molar-refractivity contribution in [2.75, 3.05) is 13.1 Å². The number of nitrogens with one attached hydrogen (secondary N) is 1. The van der Waals surface area contributed by atoms with E-state index in [9.17, 15) is 4.79 Å². The van der Waals surface area contributed by atoms with Crippen LogP contribution in [0, 0.1) is 0 Å². The first kappa shape index (κ1) is 13.0. The van der Waals surface area contributed by atoms with Gasteiger partial charge in [-0.15, -0.1) is 0 Å². The summed E-state index contributed by atoms with van der Waals surface area (Å²) in [6.45, 7) is 0.600. The summed E-state index contributed by atoms with van der Waals surface area (Å²) < 4.78 is 0. The van der Waals surface area contributed by atoms with Gasteiger partial charge in [0.15, 0.2) is 0 Å². The second-order valence-electron chi connectivity index (χ2n) is 3.49. The Balaban J connectivity index is 2.49. The van der Waals surface area contributed by atoms with Crippen LogP contribution >= 0.6 is 0 Å². The van der Waals surface area contributed by atoms with Gasteiger partial charge in [-0.25, -0.2) is 0 Å². The topological polar surface area (TPSA) is 98.1 Å². The molecule has 0 saturated heterocycles. The molecule has 0 aromatic heterocycles. The minimum Gasteiger partial charge on any atom is -0.480 e. The zero-order chi connectivity index (χ0) is 12.5. The summed E-state index contributed by atoms with van der Waals surface area (Å²) in [5.41, 5.74) is 9.04. The number of carbonyl (C=O) groups is 1. The summed E-state index contributed by atoms with van der Waals surface area (Å²) in [4.78, 5) is 13.6. The predicted molar refractivity (Wildman–Crippen MR) is 63.6 cm³/mol. The number of benzene rings is 1. The van der Waals surface area contributed by atoms with E-state index in [1.165, 1.54) is 0 Å². The second-order valence-corrected chi connectivity index (χ2v) is 3.49. The fourth-order valence-corrected chi connectivity index (χ4v) is 1.43. The molecule has 0 spiro atoms. The molecular formula is C11H14N4O2. The lowest BCUT2D eigenvalue weighted by Crippen LogP contribution is -2.39. The molecule has 0 amide bonds. The van der Waals surface area contributed by atoms with Gasteiger partial charge >= 0.3 is 5.97 Å². The van der Waals surface area contributed by atoms with Gasteiger partial charge < -0.3 is 10.4 Å². The predicted octanol–water partition coefficient (Wildman–Crippen LogP) is 1.58. The molecule has 1 rings (SSSR count). The Morgan fingerprint density at radius 2 is 2.18 bits per heavy atom. The molecule has 0 aliphatic heterocycles. The number of nitrogens with zero attached hydrogens (tertiary/aromatic N) is 3. The van der Waals surface area contributed by atoms with E-state index in [0.29, 0.717) is 13.0 Å². The second kappa shape index (κ2) is 7.27. The van der Waals surface area contributed by atoms with Gasteiger partial charge in [-0.2, -0.15) is 0 Å². The van der Waals surface area contributed by atoms with Gasteiger partial charge in [0.05, 0.1) is 0 Å². The van der Waals surface area contributed by atoms with Gasteiger partial charge in [0.2, 0.25) is 0 Å². The van der Waals surface area contributed by atoms with Crippen LogP contribution in [-0.2, 0) is 11.2 Å². The number of rotatable bonds is 7. The molecule has 0 bridgehead atoms. The fraction of sp³-hybridized carbons (Fsp3) is 0.364. The van der Waals surface area contributed by atoms with E-state index in [1.807, 2.05) is 30.3 Å². The molecule has 0 saturated carbocycles. The van der Waals surface area contributed by atoms with Crippen LogP contribution in [0.5, 0.6) is 0 Å². The van der Waals surface area contributed by atoms with E-state index in [2.05, 4.69) is 15.3 Å². The number of hydrogen-bond acceptors (Lipinski definition) is 3. The Bertz CT molecular complexity index is 401. The molecule has 1 atom stereocenters. The molecule has 1 aromatic rings. The average Bonchev–Trinajstić information content (AvgIpc) is 2.34. The third-order valence-corrected chi connectivity index (χ3v) is 2.25. The molecule has 0 radical (unpaired) electrons. The quantitative estimate of drug-likeness (QED) is 0.324. The maximum Gasteiger partial charge on any atom is 0.321 e. The Hall–Kier alpha value is -2.04. The van der Waals surface area contributed by atoms with Crippen LogP contribution in [0.3, 0.4) is 0 Å². The highest BCUT2D eigenvalue weighted by atomic mass is 16.4. The molecule has 6 nitrogen and oxygen atoms in total. The molecule has 17 heavy (non-hydrogen) atoms. The molecule has 0 fully saturated rings. The summed E-state index contributed by atoms with van der Waals surface area (Å²) in [7, 11) is 0. The molecule has 90 valence electrons. The van der Waals surface area contributed by atoms with Crippen molar-refractivity contribution in [3.8, 4) is 0 Å². The zero-order valence-electron chi connectivity index (χ0n) is 9.28. The molecule has 0 aliphatic rings. The average molecular weight is 234 g/mol. The van der Waals surface area contributed by atoms with Gasteiger partial charge in [-0.3, -0.25) is 4.79 Å². The molecule has 1 unspecified atom stereocenters. The molecule has 2 N–H and O–H groups in total. The van der Waals surface area contributed by atoms with Crippen molar-refractivity contribution in [1.82, 2.24) is 5.32 Å². The maximum absolute atomic E-state index is 11.0. The molecule has 6 heteroatoms. The third-order valence-electron chi connectivity index (χ3n) is 2.25. The number of azide groups is 1. The van der Waals surface area contributed by atoms with Crippen molar-refractivity contribution < 1.29 is 9.90 Å². The molecule has 0 aliphatic carbocycles. The van der Waals surface area contributed by atoms with Crippen molar-refractivity contribution in [2.45, 2.75) is 12.5 Å². The van der Waals surface area contributed by atoms with E-state index < -0.39 is 12.0 Å². The standard InChI is InChI=1S/C11H14N4O2/c12-15-14-7-6-13-10(11(16)17)8-9-4-2-1-3-5-9/h1-5,10,13H,6-8H2,(H,16,17). The lowest BCUT2D eigenvalue weighted by molar-refractivity contribution is -0.139. The summed E-state index contributed by atoms with van der Waals surface area (Å²) in [6.07, 6.45) is 0.409. The summed E-state index contributed by atoms with van der Waals surface area (Å²) in [6, 6.07) is 8.72. The monoisotopic (exact) mass is 234 g/mol. The number of carboxylic acid groups (broad SMARTS) is 1. The first-order chi connectivity index (χ1) is 8.24. The van der Waals surface area contributed by atoms with Crippen molar-refractivity contribution in [2.24, 2.45) is 5.11 Å². The Morgan fingerprint density at radius 1 is 1.47 bits per heavy atom. The van der Waals surface area contributed by atoms with Crippen LogP contribution in [0.15, 0.2) is 35.4 Å². The first-order valence-electron chi connectivity index (χ1n) is 5.25. The normalized spacial score (nSPS) is 11.5. The summed E-state index contributed by atoms with van der Waals surface area (Å²) in [5, 5.41) is 15.2. The summed E-state index contributed by atoms with van der Waals surface area (Å²) >= 11 is 0. The molecular weight excluding hydrogens is 220 g/mol. The molecule has 0 heterocycles. The minimum absolute atomic E-state index is 0.245. The van der Waals surface area contributed by atoms with Gasteiger partial charge in [0, 0.05) is 18.0 Å². The van der Waals surface area contributed by atoms with Gasteiger partial charge in [0.25, 0.3) is 0 Å². The lowest BCUT2D eigenvalue weighted by atomic mass is 10.1. The SMILES string of the molecule is [N-]=[N+]=NCCNC(Cc1ccccc1)C(=O)O. The van der Waals surface area contributed by atoms with Crippen LogP contribution in [0.2, 0.25) is 0 Å². The van der Waals surface area contributed by atoms with Gasteiger partial charge in [-0.05, 0) is 17.5 Å². The lowest BCUT2D eigenvalue weighted by Gasteiger charge is -2.13. The van der Waals surface area contributed by atoms with Crippen LogP contribution < -0.4 is 5.32 Å². The van der Waals surface area contributed by atoms with E-state index in [0.717, 1.165) is 5.56 Å². The van der Waals surface area contributed by atoms with Crippen molar-refractivity contribution in [3.05, 3.63) is 46.3 Å². The Labute approximate surface area is 98.9 Å². The first-order valence-corrected chi connectivity index (χ1v) is 5.25. The minimum atomic E-state index is -0.908. The van der Waals surface area contributed by atoms with Gasteiger partial charge in [0.1, 0.15) is 6.04 Å². The van der Waals surface area contributed by atoms with Crippen LogP contribution in [0.25, 0.3) is 10.4 Å².